The van der Waals surface area contributed by atoms with Crippen LogP contribution in [-0.2, 0) is 11.2 Å². The lowest BCUT2D eigenvalue weighted by atomic mass is 10.1. The average Bonchev–Trinajstić information content (AvgIpc) is 2.20. The number of unbranched alkanes of at least 4 members (excludes halogenated alkanes) is 1. The molecule has 0 aromatic heterocycles. The molecule has 15 heavy (non-hydrogen) atoms. The highest BCUT2D eigenvalue weighted by Crippen LogP contribution is 2.20. The van der Waals surface area contributed by atoms with Crippen molar-refractivity contribution in [1.82, 2.24) is 0 Å². The van der Waals surface area contributed by atoms with Gasteiger partial charge in [-0.3, -0.25) is 0 Å². The van der Waals surface area contributed by atoms with Crippen LogP contribution in [0.5, 0.6) is 0 Å². The molecule has 1 rings (SSSR count). The molecule has 5 heteroatoms. The Balaban J connectivity index is 2.98. The Kier molecular flexibility index (Phi) is 3.82. The number of aldehydes is 1. The third-order valence-electron chi connectivity index (χ3n) is 1.95. The molecule has 0 aliphatic heterocycles. The molecule has 1 aromatic rings. The molecule has 0 spiro atoms. The lowest BCUT2D eigenvalue weighted by molar-refractivity contribution is -0.107. The van der Waals surface area contributed by atoms with Crippen molar-refractivity contribution >= 4 is 6.29 Å². The summed E-state index contributed by atoms with van der Waals surface area (Å²) in [4.78, 5) is 9.96. The first-order valence-corrected chi connectivity index (χ1v) is 4.33. The summed E-state index contributed by atoms with van der Waals surface area (Å²) in [6, 6.07) is 0.161. The zero-order valence-electron chi connectivity index (χ0n) is 7.70. The van der Waals surface area contributed by atoms with Crippen molar-refractivity contribution in [1.29, 1.82) is 0 Å². The average molecular weight is 220 g/mol. The van der Waals surface area contributed by atoms with Gasteiger partial charge in [0.15, 0.2) is 23.3 Å². The SMILES string of the molecule is O=CCCCc1c(F)c(F)cc(F)c1F. The zero-order valence-corrected chi connectivity index (χ0v) is 7.70. The predicted molar refractivity (Wildman–Crippen MR) is 45.3 cm³/mol. The Labute approximate surface area is 83.7 Å². The van der Waals surface area contributed by atoms with Crippen LogP contribution in [0.2, 0.25) is 0 Å². The van der Waals surface area contributed by atoms with Crippen LogP contribution in [-0.4, -0.2) is 6.29 Å². The van der Waals surface area contributed by atoms with Crippen LogP contribution in [0.15, 0.2) is 6.07 Å². The molecule has 82 valence electrons. The van der Waals surface area contributed by atoms with E-state index in [2.05, 4.69) is 0 Å². The van der Waals surface area contributed by atoms with Crippen molar-refractivity contribution in [2.75, 3.05) is 0 Å². The Morgan fingerprint density at radius 3 is 2.07 bits per heavy atom. The number of halogens is 4. The quantitative estimate of drug-likeness (QED) is 0.330. The maximum Gasteiger partial charge on any atom is 0.165 e. The van der Waals surface area contributed by atoms with Gasteiger partial charge < -0.3 is 4.79 Å². The van der Waals surface area contributed by atoms with E-state index in [0.717, 1.165) is 0 Å². The number of hydrogen-bond acceptors (Lipinski definition) is 1. The standard InChI is InChI=1S/C10H8F4O/c11-7-5-8(12)10(14)6(9(7)13)3-1-2-4-15/h4-5H,1-3H2. The van der Waals surface area contributed by atoms with Gasteiger partial charge in [0.05, 0.1) is 0 Å². The van der Waals surface area contributed by atoms with E-state index in [1.54, 1.807) is 0 Å². The molecule has 0 bridgehead atoms. The summed E-state index contributed by atoms with van der Waals surface area (Å²) in [5, 5.41) is 0. The van der Waals surface area contributed by atoms with Gasteiger partial charge in [0, 0.05) is 18.1 Å². The third kappa shape index (κ3) is 2.55. The number of hydrogen-bond donors (Lipinski definition) is 0. The minimum Gasteiger partial charge on any atom is -0.303 e. The largest absolute Gasteiger partial charge is 0.303 e. The molecule has 0 aliphatic rings. The van der Waals surface area contributed by atoms with Crippen molar-refractivity contribution in [2.24, 2.45) is 0 Å². The molecule has 1 nitrogen and oxygen atoms in total. The highest BCUT2D eigenvalue weighted by atomic mass is 19.2. The van der Waals surface area contributed by atoms with E-state index in [1.165, 1.54) is 0 Å². The Morgan fingerprint density at radius 2 is 1.60 bits per heavy atom. The summed E-state index contributed by atoms with van der Waals surface area (Å²) in [7, 11) is 0. The van der Waals surface area contributed by atoms with Gasteiger partial charge in [-0.1, -0.05) is 0 Å². The molecule has 0 N–H and O–H groups in total. The molecule has 0 atom stereocenters. The summed E-state index contributed by atoms with van der Waals surface area (Å²) in [6.07, 6.45) is 0.619. The van der Waals surface area contributed by atoms with Crippen LogP contribution < -0.4 is 0 Å². The van der Waals surface area contributed by atoms with Gasteiger partial charge in [-0.25, -0.2) is 17.6 Å². The first kappa shape index (κ1) is 11.7. The number of rotatable bonds is 4. The van der Waals surface area contributed by atoms with Crippen molar-refractivity contribution in [3.63, 3.8) is 0 Å². The van der Waals surface area contributed by atoms with Gasteiger partial charge in [0.25, 0.3) is 0 Å². The van der Waals surface area contributed by atoms with E-state index in [9.17, 15) is 22.4 Å². The molecular weight excluding hydrogens is 212 g/mol. The van der Waals surface area contributed by atoms with Crippen LogP contribution in [0, 0.1) is 23.3 Å². The molecular formula is C10H8F4O. The van der Waals surface area contributed by atoms with Gasteiger partial charge in [-0.2, -0.15) is 0 Å². The molecule has 0 heterocycles. The van der Waals surface area contributed by atoms with Crippen LogP contribution in [0.4, 0.5) is 17.6 Å². The minimum absolute atomic E-state index is 0.0943. The molecule has 0 aliphatic carbocycles. The first-order chi connectivity index (χ1) is 7.07. The van der Waals surface area contributed by atoms with Gasteiger partial charge in [-0.05, 0) is 12.8 Å². The second-order valence-electron chi connectivity index (χ2n) is 3.01. The highest BCUT2D eigenvalue weighted by Gasteiger charge is 2.18. The number of benzene rings is 1. The van der Waals surface area contributed by atoms with Crippen LogP contribution in [0.1, 0.15) is 18.4 Å². The molecule has 0 unspecified atom stereocenters. The minimum atomic E-state index is -1.42. The van der Waals surface area contributed by atoms with E-state index in [1.807, 2.05) is 0 Å². The third-order valence-corrected chi connectivity index (χ3v) is 1.95. The van der Waals surface area contributed by atoms with Gasteiger partial charge >= 0.3 is 0 Å². The predicted octanol–water partition coefficient (Wildman–Crippen LogP) is 2.76. The fourth-order valence-electron chi connectivity index (χ4n) is 1.20. The normalized spacial score (nSPS) is 10.4. The maximum absolute atomic E-state index is 13.0. The van der Waals surface area contributed by atoms with E-state index in [0.29, 0.717) is 6.29 Å². The summed E-state index contributed by atoms with van der Waals surface area (Å²) in [6.45, 7) is 0. The van der Waals surface area contributed by atoms with Crippen molar-refractivity contribution in [2.45, 2.75) is 19.3 Å². The van der Waals surface area contributed by atoms with Gasteiger partial charge in [0.2, 0.25) is 0 Å². The van der Waals surface area contributed by atoms with Crippen molar-refractivity contribution < 1.29 is 22.4 Å². The molecule has 0 radical (unpaired) electrons. The van der Waals surface area contributed by atoms with Crippen LogP contribution in [0.25, 0.3) is 0 Å². The summed E-state index contributed by atoms with van der Waals surface area (Å²) < 4.78 is 51.4. The van der Waals surface area contributed by atoms with E-state index in [4.69, 9.17) is 0 Å². The van der Waals surface area contributed by atoms with Gasteiger partial charge in [-0.15, -0.1) is 0 Å². The van der Waals surface area contributed by atoms with Crippen LogP contribution >= 0.6 is 0 Å². The second-order valence-corrected chi connectivity index (χ2v) is 3.01. The number of carbonyl (C=O) groups is 1. The molecule has 0 fully saturated rings. The summed E-state index contributed by atoms with van der Waals surface area (Å²) in [5.41, 5.74) is -0.644. The molecule has 1 aromatic carbocycles. The van der Waals surface area contributed by atoms with E-state index >= 15 is 0 Å². The molecule has 0 saturated carbocycles. The molecule has 0 saturated heterocycles. The second kappa shape index (κ2) is 4.91. The Morgan fingerprint density at radius 1 is 1.07 bits per heavy atom. The molecule has 0 amide bonds. The van der Waals surface area contributed by atoms with Crippen LogP contribution in [0.3, 0.4) is 0 Å². The highest BCUT2D eigenvalue weighted by molar-refractivity contribution is 5.49. The lowest BCUT2D eigenvalue weighted by Crippen LogP contribution is -2.02. The first-order valence-electron chi connectivity index (χ1n) is 4.33. The summed E-state index contributed by atoms with van der Waals surface area (Å²) in [5.74, 6) is -5.62. The number of carbonyl (C=O) groups excluding carboxylic acids is 1. The smallest absolute Gasteiger partial charge is 0.165 e. The Hall–Kier alpha value is -1.39. The van der Waals surface area contributed by atoms with E-state index < -0.39 is 28.8 Å². The Bertz CT molecular complexity index is 350. The zero-order chi connectivity index (χ0) is 11.4. The lowest BCUT2D eigenvalue weighted by Gasteiger charge is -2.05. The van der Waals surface area contributed by atoms with Crippen molar-refractivity contribution in [3.8, 4) is 0 Å². The maximum atomic E-state index is 13.0. The van der Waals surface area contributed by atoms with Gasteiger partial charge in [0.1, 0.15) is 6.29 Å². The monoisotopic (exact) mass is 220 g/mol. The van der Waals surface area contributed by atoms with Crippen molar-refractivity contribution in [3.05, 3.63) is 34.9 Å². The van der Waals surface area contributed by atoms with E-state index in [-0.39, 0.29) is 25.3 Å². The fraction of sp³-hybridized carbons (Fsp3) is 0.300. The topological polar surface area (TPSA) is 17.1 Å². The summed E-state index contributed by atoms with van der Waals surface area (Å²) >= 11 is 0. The fourth-order valence-corrected chi connectivity index (χ4v) is 1.20.